The van der Waals surface area contributed by atoms with E-state index >= 15 is 0 Å². The first-order valence-electron chi connectivity index (χ1n) is 11.0. The maximum atomic E-state index is 12.9. The van der Waals surface area contributed by atoms with E-state index in [0.29, 0.717) is 17.7 Å². The minimum atomic E-state index is -0.711. The number of nitrogens with zero attached hydrogens (tertiary/aromatic N) is 2. The highest BCUT2D eigenvalue weighted by atomic mass is 16.5. The molecule has 0 aliphatic carbocycles. The molecule has 1 atom stereocenters. The third kappa shape index (κ3) is 5.34. The molecule has 1 saturated heterocycles. The van der Waals surface area contributed by atoms with Gasteiger partial charge in [-0.25, -0.2) is 0 Å². The predicted octanol–water partition coefficient (Wildman–Crippen LogP) is 4.11. The minimum absolute atomic E-state index is 0.0607. The van der Waals surface area contributed by atoms with Gasteiger partial charge in [0.25, 0.3) is 11.7 Å². The van der Waals surface area contributed by atoms with Crippen molar-refractivity contribution < 1.29 is 24.2 Å². The summed E-state index contributed by atoms with van der Waals surface area (Å²) in [4.78, 5) is 31.0. The van der Waals surface area contributed by atoms with Crippen molar-refractivity contribution in [2.24, 2.45) is 0 Å². The normalized spacial score (nSPS) is 17.7. The van der Waals surface area contributed by atoms with E-state index < -0.39 is 17.7 Å². The lowest BCUT2D eigenvalue weighted by Crippen LogP contribution is -2.32. The molecular formula is C25H30N2O5. The molecule has 1 N–H and O–H groups in total. The zero-order valence-corrected chi connectivity index (χ0v) is 18.6. The zero-order valence-electron chi connectivity index (χ0n) is 18.6. The van der Waals surface area contributed by atoms with Crippen molar-refractivity contribution >= 4 is 17.4 Å². The SMILES string of the molecule is CCCCCCOc1ccc(C2C(=C(O)c3ccncc3)C(=O)C(=O)N2CCOC)cc1. The predicted molar refractivity (Wildman–Crippen MR) is 121 cm³/mol. The number of amides is 1. The Morgan fingerprint density at radius 3 is 2.41 bits per heavy atom. The number of likely N-dealkylation sites (tertiary alicyclic amines) is 1. The number of Topliss-reactive ketones (excluding diaryl/α,β-unsaturated/α-hetero) is 1. The lowest BCUT2D eigenvalue weighted by Gasteiger charge is -2.25. The molecule has 32 heavy (non-hydrogen) atoms. The summed E-state index contributed by atoms with van der Waals surface area (Å²) in [7, 11) is 1.54. The second-order valence-corrected chi connectivity index (χ2v) is 7.70. The van der Waals surface area contributed by atoms with Crippen LogP contribution in [0.1, 0.15) is 49.8 Å². The van der Waals surface area contributed by atoms with Gasteiger partial charge in [-0.2, -0.15) is 0 Å². The molecule has 1 unspecified atom stereocenters. The summed E-state index contributed by atoms with van der Waals surface area (Å²) in [6.45, 7) is 3.32. The fourth-order valence-electron chi connectivity index (χ4n) is 3.78. The van der Waals surface area contributed by atoms with Gasteiger partial charge >= 0.3 is 0 Å². The van der Waals surface area contributed by atoms with Crippen molar-refractivity contribution in [3.63, 3.8) is 0 Å². The molecule has 0 bridgehead atoms. The van der Waals surface area contributed by atoms with E-state index in [1.807, 2.05) is 24.3 Å². The van der Waals surface area contributed by atoms with Crippen LogP contribution < -0.4 is 4.74 Å². The van der Waals surface area contributed by atoms with Crippen LogP contribution in [0.4, 0.5) is 0 Å². The quantitative estimate of drug-likeness (QED) is 0.246. The van der Waals surface area contributed by atoms with Crippen LogP contribution in [0.5, 0.6) is 5.75 Å². The number of unbranched alkanes of at least 4 members (excludes halogenated alkanes) is 3. The highest BCUT2D eigenvalue weighted by molar-refractivity contribution is 6.46. The van der Waals surface area contributed by atoms with Crippen molar-refractivity contribution in [3.05, 3.63) is 65.5 Å². The van der Waals surface area contributed by atoms with Crippen LogP contribution in [0.25, 0.3) is 5.76 Å². The standard InChI is InChI=1S/C25H30N2O5/c1-3-4-5-6-16-32-20-9-7-18(8-10-20)22-21(23(28)19-11-13-26-14-12-19)24(29)25(30)27(22)15-17-31-2/h7-14,22,28H,3-6,15-17H2,1-2H3. The molecular weight excluding hydrogens is 408 g/mol. The van der Waals surface area contributed by atoms with Crippen LogP contribution in [-0.4, -0.2) is 53.5 Å². The number of methoxy groups -OCH3 is 1. The van der Waals surface area contributed by atoms with Gasteiger partial charge in [0.1, 0.15) is 11.5 Å². The lowest BCUT2D eigenvalue weighted by molar-refractivity contribution is -0.140. The molecule has 1 aliphatic heterocycles. The minimum Gasteiger partial charge on any atom is -0.507 e. The molecule has 1 fully saturated rings. The fraction of sp³-hybridized carbons (Fsp3) is 0.400. The Kier molecular flexibility index (Phi) is 8.39. The second kappa shape index (κ2) is 11.4. The maximum absolute atomic E-state index is 12.9. The first kappa shape index (κ1) is 23.5. The Morgan fingerprint density at radius 1 is 1.03 bits per heavy atom. The summed E-state index contributed by atoms with van der Waals surface area (Å²) < 4.78 is 10.9. The molecule has 0 radical (unpaired) electrons. The zero-order chi connectivity index (χ0) is 22.9. The van der Waals surface area contributed by atoms with Gasteiger partial charge in [0.15, 0.2) is 0 Å². The topological polar surface area (TPSA) is 89.0 Å². The summed E-state index contributed by atoms with van der Waals surface area (Å²) in [5.74, 6) is -0.851. The van der Waals surface area contributed by atoms with E-state index in [9.17, 15) is 14.7 Å². The fourth-order valence-corrected chi connectivity index (χ4v) is 3.78. The number of pyridine rings is 1. The van der Waals surface area contributed by atoms with E-state index in [1.165, 1.54) is 37.2 Å². The number of carbonyl (C=O) groups is 2. The molecule has 0 spiro atoms. The van der Waals surface area contributed by atoms with Crippen LogP contribution in [0.3, 0.4) is 0 Å². The molecule has 2 heterocycles. The smallest absolute Gasteiger partial charge is 0.295 e. The summed E-state index contributed by atoms with van der Waals surface area (Å²) in [6.07, 6.45) is 7.56. The number of ether oxygens (including phenoxy) is 2. The van der Waals surface area contributed by atoms with Crippen LogP contribution in [0.2, 0.25) is 0 Å². The first-order chi connectivity index (χ1) is 15.6. The number of ketones is 1. The highest BCUT2D eigenvalue weighted by Gasteiger charge is 2.45. The number of aliphatic hydroxyl groups excluding tert-OH is 1. The monoisotopic (exact) mass is 438 g/mol. The summed E-state index contributed by atoms with van der Waals surface area (Å²) in [5, 5.41) is 10.9. The Balaban J connectivity index is 1.90. The molecule has 1 aromatic heterocycles. The van der Waals surface area contributed by atoms with Crippen LogP contribution >= 0.6 is 0 Å². The molecule has 0 saturated carbocycles. The van der Waals surface area contributed by atoms with Gasteiger partial charge in [-0.3, -0.25) is 14.6 Å². The van der Waals surface area contributed by atoms with Crippen molar-refractivity contribution in [1.29, 1.82) is 0 Å². The number of carbonyl (C=O) groups excluding carboxylic acids is 2. The number of benzene rings is 1. The van der Waals surface area contributed by atoms with E-state index in [4.69, 9.17) is 9.47 Å². The van der Waals surface area contributed by atoms with Gasteiger partial charge < -0.3 is 19.5 Å². The number of hydrogen-bond acceptors (Lipinski definition) is 6. The van der Waals surface area contributed by atoms with Crippen molar-refractivity contribution in [1.82, 2.24) is 9.88 Å². The van der Waals surface area contributed by atoms with E-state index in [-0.39, 0.29) is 24.5 Å². The third-order valence-electron chi connectivity index (χ3n) is 5.49. The number of rotatable bonds is 11. The highest BCUT2D eigenvalue weighted by Crippen LogP contribution is 2.39. The number of aromatic nitrogens is 1. The van der Waals surface area contributed by atoms with Crippen LogP contribution in [-0.2, 0) is 14.3 Å². The number of hydrogen-bond donors (Lipinski definition) is 1. The molecule has 1 amide bonds. The average Bonchev–Trinajstić information content (AvgIpc) is 3.08. The summed E-state index contributed by atoms with van der Waals surface area (Å²) in [5.41, 5.74) is 1.21. The Labute approximate surface area is 188 Å². The molecule has 170 valence electrons. The van der Waals surface area contributed by atoms with E-state index in [1.54, 1.807) is 12.1 Å². The van der Waals surface area contributed by atoms with E-state index in [0.717, 1.165) is 18.6 Å². The third-order valence-corrected chi connectivity index (χ3v) is 5.49. The molecule has 7 heteroatoms. The van der Waals surface area contributed by atoms with Crippen LogP contribution in [0.15, 0.2) is 54.4 Å². The van der Waals surface area contributed by atoms with Gasteiger partial charge in [0.05, 0.1) is 24.8 Å². The van der Waals surface area contributed by atoms with Gasteiger partial charge in [0, 0.05) is 31.6 Å². The molecule has 7 nitrogen and oxygen atoms in total. The van der Waals surface area contributed by atoms with Crippen molar-refractivity contribution in [2.75, 3.05) is 26.9 Å². The van der Waals surface area contributed by atoms with Gasteiger partial charge in [-0.05, 0) is 36.2 Å². The molecule has 2 aromatic rings. The lowest BCUT2D eigenvalue weighted by atomic mass is 9.95. The largest absolute Gasteiger partial charge is 0.507 e. The number of aliphatic hydroxyl groups is 1. The summed E-state index contributed by atoms with van der Waals surface area (Å²) in [6, 6.07) is 9.82. The van der Waals surface area contributed by atoms with Crippen molar-refractivity contribution in [2.45, 2.75) is 38.6 Å². The first-order valence-corrected chi connectivity index (χ1v) is 11.0. The molecule has 3 rings (SSSR count). The van der Waals surface area contributed by atoms with Gasteiger partial charge in [-0.1, -0.05) is 38.3 Å². The molecule has 1 aliphatic rings. The Morgan fingerprint density at radius 2 is 1.75 bits per heavy atom. The Bertz CT molecular complexity index is 941. The van der Waals surface area contributed by atoms with Crippen LogP contribution in [0, 0.1) is 0 Å². The average molecular weight is 439 g/mol. The molecule has 1 aromatic carbocycles. The maximum Gasteiger partial charge on any atom is 0.295 e. The van der Waals surface area contributed by atoms with Crippen molar-refractivity contribution in [3.8, 4) is 5.75 Å². The van der Waals surface area contributed by atoms with Gasteiger partial charge in [-0.15, -0.1) is 0 Å². The summed E-state index contributed by atoms with van der Waals surface area (Å²) >= 11 is 0. The van der Waals surface area contributed by atoms with E-state index in [2.05, 4.69) is 11.9 Å². The second-order valence-electron chi connectivity index (χ2n) is 7.70. The Hall–Kier alpha value is -3.19. The van der Waals surface area contributed by atoms with Gasteiger partial charge in [0.2, 0.25) is 0 Å².